The topological polar surface area (TPSA) is 38.2 Å². The van der Waals surface area contributed by atoms with Gasteiger partial charge in [-0.2, -0.15) is 0 Å². The average molecular weight is 297 g/mol. The van der Waals surface area contributed by atoms with Gasteiger partial charge in [-0.3, -0.25) is 14.9 Å². The lowest BCUT2D eigenvalue weighted by Crippen LogP contribution is -2.18. The summed E-state index contributed by atoms with van der Waals surface area (Å²) in [7, 11) is 2.09. The van der Waals surface area contributed by atoms with Crippen molar-refractivity contribution in [3.05, 3.63) is 54.1 Å². The van der Waals surface area contributed by atoms with Crippen LogP contribution >= 0.6 is 0 Å². The van der Waals surface area contributed by atoms with Crippen molar-refractivity contribution < 1.29 is 4.74 Å². The molecule has 4 nitrogen and oxygen atoms in total. The number of rotatable bonds is 6. The quantitative estimate of drug-likeness (QED) is 0.819. The molecule has 2 aromatic rings. The summed E-state index contributed by atoms with van der Waals surface area (Å²) in [5, 5.41) is 0. The summed E-state index contributed by atoms with van der Waals surface area (Å²) < 4.78 is 6.00. The Morgan fingerprint density at radius 3 is 2.55 bits per heavy atom. The van der Waals surface area contributed by atoms with Crippen molar-refractivity contribution in [2.45, 2.75) is 44.9 Å². The predicted octanol–water partition coefficient (Wildman–Crippen LogP) is 3.43. The van der Waals surface area contributed by atoms with E-state index in [2.05, 4.69) is 46.2 Å². The van der Waals surface area contributed by atoms with Crippen LogP contribution in [0.3, 0.4) is 0 Å². The fourth-order valence-electron chi connectivity index (χ4n) is 2.93. The molecule has 1 aromatic heterocycles. The van der Waals surface area contributed by atoms with Crippen LogP contribution in [0.1, 0.15) is 36.9 Å². The Morgan fingerprint density at radius 1 is 1.09 bits per heavy atom. The highest BCUT2D eigenvalue weighted by Crippen LogP contribution is 2.24. The van der Waals surface area contributed by atoms with Gasteiger partial charge in [0.25, 0.3) is 0 Å². The van der Waals surface area contributed by atoms with E-state index >= 15 is 0 Å². The third-order valence-corrected chi connectivity index (χ3v) is 4.03. The monoisotopic (exact) mass is 297 g/mol. The van der Waals surface area contributed by atoms with E-state index in [-0.39, 0.29) is 0 Å². The molecule has 116 valence electrons. The summed E-state index contributed by atoms with van der Waals surface area (Å²) in [6.45, 7) is 1.69. The van der Waals surface area contributed by atoms with Gasteiger partial charge in [0.1, 0.15) is 5.75 Å². The van der Waals surface area contributed by atoms with Gasteiger partial charge in [0.15, 0.2) is 0 Å². The van der Waals surface area contributed by atoms with E-state index in [4.69, 9.17) is 4.74 Å². The van der Waals surface area contributed by atoms with Crippen molar-refractivity contribution in [2.75, 3.05) is 7.05 Å². The van der Waals surface area contributed by atoms with E-state index in [1.54, 1.807) is 12.4 Å². The van der Waals surface area contributed by atoms with Crippen LogP contribution in [0.25, 0.3) is 0 Å². The van der Waals surface area contributed by atoms with Gasteiger partial charge < -0.3 is 4.74 Å². The molecule has 1 fully saturated rings. The van der Waals surface area contributed by atoms with Gasteiger partial charge >= 0.3 is 0 Å². The lowest BCUT2D eigenvalue weighted by molar-refractivity contribution is 0.210. The van der Waals surface area contributed by atoms with Crippen LogP contribution in [-0.4, -0.2) is 28.0 Å². The molecule has 0 bridgehead atoms. The van der Waals surface area contributed by atoms with E-state index in [1.165, 1.54) is 31.2 Å². The van der Waals surface area contributed by atoms with Gasteiger partial charge in [-0.15, -0.1) is 0 Å². The number of hydrogen-bond acceptors (Lipinski definition) is 4. The Kier molecular flexibility index (Phi) is 5.01. The van der Waals surface area contributed by atoms with Gasteiger partial charge in [0.2, 0.25) is 0 Å². The average Bonchev–Trinajstić information content (AvgIpc) is 3.03. The first-order valence-electron chi connectivity index (χ1n) is 7.98. The molecule has 0 saturated heterocycles. The smallest absolute Gasteiger partial charge is 0.119 e. The first-order valence-corrected chi connectivity index (χ1v) is 7.98. The molecule has 0 unspecified atom stereocenters. The van der Waals surface area contributed by atoms with Crippen molar-refractivity contribution in [3.8, 4) is 5.75 Å². The lowest BCUT2D eigenvalue weighted by Gasteiger charge is -2.17. The SMILES string of the molecule is CN(Cc1ccc(OC2CCCC2)cc1)Cc1cnccn1. The van der Waals surface area contributed by atoms with Gasteiger partial charge in [-0.25, -0.2) is 0 Å². The highest BCUT2D eigenvalue weighted by Gasteiger charge is 2.16. The Balaban J connectivity index is 1.51. The highest BCUT2D eigenvalue weighted by molar-refractivity contribution is 5.27. The number of nitrogens with zero attached hydrogens (tertiary/aromatic N) is 3. The largest absolute Gasteiger partial charge is 0.490 e. The molecule has 1 aliphatic carbocycles. The second kappa shape index (κ2) is 7.36. The molecule has 0 amide bonds. The molecule has 1 heterocycles. The fourth-order valence-corrected chi connectivity index (χ4v) is 2.93. The van der Waals surface area contributed by atoms with Gasteiger partial charge in [-0.1, -0.05) is 12.1 Å². The number of aromatic nitrogens is 2. The van der Waals surface area contributed by atoms with Crippen molar-refractivity contribution in [1.29, 1.82) is 0 Å². The minimum Gasteiger partial charge on any atom is -0.490 e. The molecule has 22 heavy (non-hydrogen) atoms. The van der Waals surface area contributed by atoms with E-state index in [0.29, 0.717) is 6.10 Å². The third-order valence-electron chi connectivity index (χ3n) is 4.03. The number of benzene rings is 1. The predicted molar refractivity (Wildman–Crippen MR) is 86.5 cm³/mol. The van der Waals surface area contributed by atoms with E-state index in [0.717, 1.165) is 24.5 Å². The molecule has 0 radical (unpaired) electrons. The van der Waals surface area contributed by atoms with E-state index in [9.17, 15) is 0 Å². The van der Waals surface area contributed by atoms with Crippen molar-refractivity contribution >= 4 is 0 Å². The molecule has 1 aliphatic rings. The normalized spacial score (nSPS) is 15.4. The van der Waals surface area contributed by atoms with Crippen LogP contribution < -0.4 is 4.74 Å². The number of ether oxygens (including phenoxy) is 1. The Bertz CT molecular complexity index is 565. The lowest BCUT2D eigenvalue weighted by atomic mass is 10.2. The molecule has 0 N–H and O–H groups in total. The minimum atomic E-state index is 0.421. The summed E-state index contributed by atoms with van der Waals surface area (Å²) in [4.78, 5) is 10.6. The molecule has 1 aromatic carbocycles. The first kappa shape index (κ1) is 15.0. The standard InChI is InChI=1S/C18H23N3O/c1-21(14-16-12-19-10-11-20-16)13-15-6-8-18(9-7-15)22-17-4-2-3-5-17/h6-12,17H,2-5,13-14H2,1H3. The van der Waals surface area contributed by atoms with Crippen LogP contribution in [0, 0.1) is 0 Å². The Hall–Kier alpha value is -1.94. The molecular formula is C18H23N3O. The zero-order valence-electron chi connectivity index (χ0n) is 13.1. The van der Waals surface area contributed by atoms with Gasteiger partial charge in [0.05, 0.1) is 11.8 Å². The maximum atomic E-state index is 6.00. The second-order valence-corrected chi connectivity index (χ2v) is 6.04. The minimum absolute atomic E-state index is 0.421. The molecule has 4 heteroatoms. The van der Waals surface area contributed by atoms with Gasteiger partial charge in [-0.05, 0) is 50.4 Å². The molecule has 1 saturated carbocycles. The molecule has 3 rings (SSSR count). The van der Waals surface area contributed by atoms with Crippen LogP contribution in [0.5, 0.6) is 5.75 Å². The Morgan fingerprint density at radius 2 is 1.86 bits per heavy atom. The number of hydrogen-bond donors (Lipinski definition) is 0. The van der Waals surface area contributed by atoms with Crippen LogP contribution in [0.15, 0.2) is 42.9 Å². The van der Waals surface area contributed by atoms with Crippen molar-refractivity contribution in [1.82, 2.24) is 14.9 Å². The summed E-state index contributed by atoms with van der Waals surface area (Å²) in [6.07, 6.45) is 10.7. The summed E-state index contributed by atoms with van der Waals surface area (Å²) in [5.74, 6) is 0.993. The second-order valence-electron chi connectivity index (χ2n) is 6.04. The zero-order valence-corrected chi connectivity index (χ0v) is 13.1. The molecule has 0 atom stereocenters. The molecular weight excluding hydrogens is 274 g/mol. The highest BCUT2D eigenvalue weighted by atomic mass is 16.5. The summed E-state index contributed by atoms with van der Waals surface area (Å²) in [6, 6.07) is 8.47. The molecule has 0 aliphatic heterocycles. The van der Waals surface area contributed by atoms with Crippen molar-refractivity contribution in [2.24, 2.45) is 0 Å². The first-order chi connectivity index (χ1) is 10.8. The van der Waals surface area contributed by atoms with Crippen molar-refractivity contribution in [3.63, 3.8) is 0 Å². The van der Waals surface area contributed by atoms with Crippen LogP contribution in [0.2, 0.25) is 0 Å². The van der Waals surface area contributed by atoms with Crippen LogP contribution in [-0.2, 0) is 13.1 Å². The van der Waals surface area contributed by atoms with E-state index < -0.39 is 0 Å². The van der Waals surface area contributed by atoms with Gasteiger partial charge in [0, 0.05) is 31.7 Å². The fraction of sp³-hybridized carbons (Fsp3) is 0.444. The van der Waals surface area contributed by atoms with Crippen LogP contribution in [0.4, 0.5) is 0 Å². The molecule has 0 spiro atoms. The van der Waals surface area contributed by atoms with E-state index in [1.807, 2.05) is 6.20 Å². The summed E-state index contributed by atoms with van der Waals surface area (Å²) in [5.41, 5.74) is 2.27. The zero-order chi connectivity index (χ0) is 15.2. The third kappa shape index (κ3) is 4.28. The Labute approximate surface area is 132 Å². The maximum Gasteiger partial charge on any atom is 0.119 e. The summed E-state index contributed by atoms with van der Waals surface area (Å²) >= 11 is 0. The maximum absolute atomic E-state index is 6.00.